The summed E-state index contributed by atoms with van der Waals surface area (Å²) in [5, 5.41) is 13.5. The molecule has 4 rings (SSSR count). The molecule has 0 saturated carbocycles. The van der Waals surface area contributed by atoms with Crippen LogP contribution in [0.4, 0.5) is 0 Å². The van der Waals surface area contributed by atoms with Crippen molar-refractivity contribution in [2.45, 2.75) is 43.8 Å². The Morgan fingerprint density at radius 3 is 2.60 bits per heavy atom. The summed E-state index contributed by atoms with van der Waals surface area (Å²) in [5.74, 6) is -0.249. The van der Waals surface area contributed by atoms with Gasteiger partial charge in [-0.2, -0.15) is 5.10 Å². The van der Waals surface area contributed by atoms with Crippen molar-refractivity contribution in [2.75, 3.05) is 0 Å². The second-order valence-corrected chi connectivity index (χ2v) is 6.51. The highest BCUT2D eigenvalue weighted by atomic mass is 16.5. The van der Waals surface area contributed by atoms with Gasteiger partial charge in [-0.25, -0.2) is 14.5 Å². The van der Waals surface area contributed by atoms with Crippen LogP contribution >= 0.6 is 0 Å². The molecule has 0 radical (unpaired) electrons. The first-order chi connectivity index (χ1) is 12.0. The third-order valence-corrected chi connectivity index (χ3v) is 4.80. The predicted molar refractivity (Wildman–Crippen MR) is 86.5 cm³/mol. The maximum Gasteiger partial charge on any atom is 0.335 e. The van der Waals surface area contributed by atoms with Crippen LogP contribution in [0.3, 0.4) is 0 Å². The molecule has 2 aliphatic rings. The van der Waals surface area contributed by atoms with E-state index >= 15 is 0 Å². The number of carboxylic acid groups (broad SMARTS) is 1. The van der Waals surface area contributed by atoms with Gasteiger partial charge in [-0.05, 0) is 43.5 Å². The van der Waals surface area contributed by atoms with Crippen LogP contribution in [0, 0.1) is 0 Å². The number of benzene rings is 1. The highest BCUT2D eigenvalue weighted by Crippen LogP contribution is 2.44. The lowest BCUT2D eigenvalue weighted by molar-refractivity contribution is -0.117. The predicted octanol–water partition coefficient (Wildman–Crippen LogP) is 1.03. The van der Waals surface area contributed by atoms with E-state index in [9.17, 15) is 9.59 Å². The highest BCUT2D eigenvalue weighted by molar-refractivity contribution is 5.87. The van der Waals surface area contributed by atoms with Crippen molar-refractivity contribution < 1.29 is 19.4 Å². The average molecular weight is 342 g/mol. The van der Waals surface area contributed by atoms with Crippen LogP contribution in [0.2, 0.25) is 0 Å². The van der Waals surface area contributed by atoms with E-state index in [-0.39, 0.29) is 30.1 Å². The van der Waals surface area contributed by atoms with Gasteiger partial charge < -0.3 is 15.6 Å². The van der Waals surface area contributed by atoms with E-state index in [2.05, 4.69) is 10.1 Å². The van der Waals surface area contributed by atoms with E-state index in [1.54, 1.807) is 16.8 Å². The molecular weight excluding hydrogens is 324 g/mol. The zero-order chi connectivity index (χ0) is 17.6. The summed E-state index contributed by atoms with van der Waals surface area (Å²) < 4.78 is 7.60. The van der Waals surface area contributed by atoms with Gasteiger partial charge in [-0.1, -0.05) is 0 Å². The molecule has 1 amide bonds. The number of fused-ring (bicyclic) bond motifs is 2. The number of aromatic carboxylic acids is 1. The summed E-state index contributed by atoms with van der Waals surface area (Å²) >= 11 is 0. The molecule has 25 heavy (non-hydrogen) atoms. The Hall–Kier alpha value is -2.74. The molecule has 0 unspecified atom stereocenters. The Kier molecular flexibility index (Phi) is 3.76. The number of nitrogens with zero attached hydrogens (tertiary/aromatic N) is 3. The molecule has 8 nitrogen and oxygen atoms in total. The van der Waals surface area contributed by atoms with Crippen LogP contribution in [0.5, 0.6) is 0 Å². The maximum atomic E-state index is 11.2. The van der Waals surface area contributed by atoms with Gasteiger partial charge in [0.1, 0.15) is 5.82 Å². The molecule has 3 atom stereocenters. The second kappa shape index (κ2) is 5.96. The SMILES string of the molecule is NC(=O)Cc1nc([C@H]2C[C@@H]3CC[C@H]2O3)n(-c2ccc(C(=O)O)cc2)n1. The van der Waals surface area contributed by atoms with Crippen molar-refractivity contribution in [1.82, 2.24) is 14.8 Å². The molecule has 3 N–H and O–H groups in total. The summed E-state index contributed by atoms with van der Waals surface area (Å²) in [6.07, 6.45) is 3.28. The Balaban J connectivity index is 1.73. The second-order valence-electron chi connectivity index (χ2n) is 6.51. The Morgan fingerprint density at radius 1 is 1.28 bits per heavy atom. The molecule has 130 valence electrons. The number of primary amides is 1. The highest BCUT2D eigenvalue weighted by Gasteiger charge is 2.44. The number of hydrogen-bond donors (Lipinski definition) is 2. The Bertz CT molecular complexity index is 830. The van der Waals surface area contributed by atoms with Crippen molar-refractivity contribution in [2.24, 2.45) is 5.73 Å². The Morgan fingerprint density at radius 2 is 2.04 bits per heavy atom. The smallest absolute Gasteiger partial charge is 0.335 e. The van der Waals surface area contributed by atoms with Crippen molar-refractivity contribution in [3.63, 3.8) is 0 Å². The van der Waals surface area contributed by atoms with Crippen LogP contribution < -0.4 is 5.73 Å². The van der Waals surface area contributed by atoms with Gasteiger partial charge in [-0.3, -0.25) is 4.79 Å². The summed E-state index contributed by atoms with van der Waals surface area (Å²) in [7, 11) is 0. The third-order valence-electron chi connectivity index (χ3n) is 4.80. The number of nitrogens with two attached hydrogens (primary N) is 1. The van der Waals surface area contributed by atoms with E-state index in [1.807, 2.05) is 0 Å². The average Bonchev–Trinajstić information content (AvgIpc) is 3.29. The number of carbonyl (C=O) groups is 2. The number of ether oxygens (including phenoxy) is 1. The number of hydrogen-bond acceptors (Lipinski definition) is 5. The lowest BCUT2D eigenvalue weighted by Crippen LogP contribution is -2.19. The van der Waals surface area contributed by atoms with Gasteiger partial charge in [0.2, 0.25) is 5.91 Å². The van der Waals surface area contributed by atoms with Gasteiger partial charge in [0.25, 0.3) is 0 Å². The zero-order valence-corrected chi connectivity index (χ0v) is 13.5. The molecule has 2 bridgehead atoms. The van der Waals surface area contributed by atoms with Crippen LogP contribution in [0.25, 0.3) is 5.69 Å². The van der Waals surface area contributed by atoms with Crippen molar-refractivity contribution >= 4 is 11.9 Å². The van der Waals surface area contributed by atoms with Gasteiger partial charge in [0.15, 0.2) is 5.82 Å². The number of rotatable bonds is 5. The van der Waals surface area contributed by atoms with Crippen LogP contribution in [0.1, 0.15) is 47.2 Å². The summed E-state index contributed by atoms with van der Waals surface area (Å²) in [6.45, 7) is 0. The lowest BCUT2D eigenvalue weighted by atomic mass is 9.88. The molecule has 0 spiro atoms. The number of aromatic nitrogens is 3. The van der Waals surface area contributed by atoms with Crippen molar-refractivity contribution in [1.29, 1.82) is 0 Å². The zero-order valence-electron chi connectivity index (χ0n) is 13.5. The molecule has 0 aliphatic carbocycles. The Labute approximate surface area is 143 Å². The van der Waals surface area contributed by atoms with Gasteiger partial charge in [0, 0.05) is 5.92 Å². The standard InChI is InChI=1S/C17H18N4O4/c18-14(22)8-15-19-16(12-7-11-5-6-13(12)25-11)21(20-15)10-3-1-9(2-4-10)17(23)24/h1-4,11-13H,5-8H2,(H2,18,22)(H,23,24)/t11-,12-,13+/m0/s1. The minimum atomic E-state index is -0.985. The summed E-state index contributed by atoms with van der Waals surface area (Å²) in [6, 6.07) is 6.41. The van der Waals surface area contributed by atoms with Gasteiger partial charge in [0.05, 0.1) is 29.9 Å². The molecule has 2 aliphatic heterocycles. The number of carboxylic acids is 1. The molecule has 1 aromatic heterocycles. The summed E-state index contributed by atoms with van der Waals surface area (Å²) in [4.78, 5) is 26.8. The third kappa shape index (κ3) is 2.89. The van der Waals surface area contributed by atoms with Crippen LogP contribution in [0.15, 0.2) is 24.3 Å². The molecule has 2 aromatic rings. The van der Waals surface area contributed by atoms with Gasteiger partial charge >= 0.3 is 5.97 Å². The van der Waals surface area contributed by atoms with E-state index in [0.717, 1.165) is 25.1 Å². The molecule has 3 heterocycles. The fourth-order valence-electron chi connectivity index (χ4n) is 3.68. The van der Waals surface area contributed by atoms with Crippen molar-refractivity contribution in [3.05, 3.63) is 41.5 Å². The number of carbonyl (C=O) groups excluding carboxylic acids is 1. The largest absolute Gasteiger partial charge is 0.478 e. The minimum absolute atomic E-state index is 0.0329. The molecule has 1 aromatic carbocycles. The molecular formula is C17H18N4O4. The quantitative estimate of drug-likeness (QED) is 0.837. The van der Waals surface area contributed by atoms with E-state index < -0.39 is 11.9 Å². The van der Waals surface area contributed by atoms with Crippen molar-refractivity contribution in [3.8, 4) is 5.69 Å². The lowest BCUT2D eigenvalue weighted by Gasteiger charge is -2.18. The monoisotopic (exact) mass is 342 g/mol. The van der Waals surface area contributed by atoms with E-state index in [4.69, 9.17) is 15.6 Å². The first-order valence-corrected chi connectivity index (χ1v) is 8.24. The van der Waals surface area contributed by atoms with E-state index in [1.165, 1.54) is 12.1 Å². The fourth-order valence-corrected chi connectivity index (χ4v) is 3.68. The molecule has 8 heteroatoms. The summed E-state index contributed by atoms with van der Waals surface area (Å²) in [5.41, 5.74) is 6.17. The molecule has 2 saturated heterocycles. The topological polar surface area (TPSA) is 120 Å². The minimum Gasteiger partial charge on any atom is -0.478 e. The first-order valence-electron chi connectivity index (χ1n) is 8.24. The normalized spacial score (nSPS) is 24.6. The van der Waals surface area contributed by atoms with Gasteiger partial charge in [-0.15, -0.1) is 0 Å². The van der Waals surface area contributed by atoms with Crippen LogP contribution in [-0.4, -0.2) is 44.0 Å². The fraction of sp³-hybridized carbons (Fsp3) is 0.412. The van der Waals surface area contributed by atoms with Crippen LogP contribution in [-0.2, 0) is 16.0 Å². The maximum absolute atomic E-state index is 11.2. The number of amides is 1. The van der Waals surface area contributed by atoms with E-state index in [0.29, 0.717) is 11.5 Å². The molecule has 2 fully saturated rings. The first kappa shape index (κ1) is 15.8.